The van der Waals surface area contributed by atoms with Crippen LogP contribution in [0.1, 0.15) is 27.2 Å². The molecule has 2 saturated heterocycles. The van der Waals surface area contributed by atoms with Crippen LogP contribution in [0.2, 0.25) is 0 Å². The number of esters is 1. The van der Waals surface area contributed by atoms with Crippen molar-refractivity contribution in [2.45, 2.75) is 51.3 Å². The quantitative estimate of drug-likeness (QED) is 0.683. The van der Waals surface area contributed by atoms with E-state index in [4.69, 9.17) is 18.9 Å². The number of ketones is 1. The monoisotopic (exact) mass is 258 g/mol. The Morgan fingerprint density at radius 2 is 2.17 bits per heavy atom. The molecule has 6 heteroatoms. The molecule has 3 atom stereocenters. The fraction of sp³-hybridized carbons (Fsp3) is 0.833. The van der Waals surface area contributed by atoms with E-state index in [1.54, 1.807) is 20.8 Å². The first kappa shape index (κ1) is 13.5. The fourth-order valence-corrected chi connectivity index (χ4v) is 2.24. The number of ether oxygens (including phenoxy) is 4. The molecule has 3 unspecified atom stereocenters. The van der Waals surface area contributed by atoms with Gasteiger partial charge in [-0.1, -0.05) is 0 Å². The molecule has 2 aliphatic rings. The van der Waals surface area contributed by atoms with Crippen molar-refractivity contribution >= 4 is 11.8 Å². The highest BCUT2D eigenvalue weighted by Gasteiger charge is 2.52. The standard InChI is InChI=1S/C12H18O6/c1-4-15-9(14)5-8-11-10(7(13)6-16-8)17-12(2,3)18-11/h8,10-11H,4-6H2,1-3H3. The largest absolute Gasteiger partial charge is 0.466 e. The molecule has 0 N–H and O–H groups in total. The first-order valence-corrected chi connectivity index (χ1v) is 6.08. The molecule has 0 radical (unpaired) electrons. The van der Waals surface area contributed by atoms with E-state index >= 15 is 0 Å². The van der Waals surface area contributed by atoms with Crippen LogP contribution in [0.3, 0.4) is 0 Å². The van der Waals surface area contributed by atoms with E-state index in [-0.39, 0.29) is 24.8 Å². The van der Waals surface area contributed by atoms with Gasteiger partial charge in [0.2, 0.25) is 0 Å². The van der Waals surface area contributed by atoms with E-state index in [0.717, 1.165) is 0 Å². The Morgan fingerprint density at radius 1 is 1.44 bits per heavy atom. The molecule has 2 fully saturated rings. The lowest BCUT2D eigenvalue weighted by atomic mass is 9.99. The van der Waals surface area contributed by atoms with Gasteiger partial charge in [-0.15, -0.1) is 0 Å². The summed E-state index contributed by atoms with van der Waals surface area (Å²) in [5.74, 6) is -1.33. The van der Waals surface area contributed by atoms with E-state index in [1.807, 2.05) is 0 Å². The van der Waals surface area contributed by atoms with Crippen LogP contribution in [-0.4, -0.2) is 49.1 Å². The zero-order valence-electron chi connectivity index (χ0n) is 10.8. The molecule has 6 nitrogen and oxygen atoms in total. The van der Waals surface area contributed by atoms with E-state index in [1.165, 1.54) is 0 Å². The van der Waals surface area contributed by atoms with Gasteiger partial charge in [0, 0.05) is 0 Å². The average molecular weight is 258 g/mol. The minimum atomic E-state index is -0.828. The first-order valence-electron chi connectivity index (χ1n) is 6.08. The molecule has 0 saturated carbocycles. The Balaban J connectivity index is 2.04. The third kappa shape index (κ3) is 2.71. The van der Waals surface area contributed by atoms with Crippen LogP contribution in [0.25, 0.3) is 0 Å². The van der Waals surface area contributed by atoms with Crippen molar-refractivity contribution in [2.75, 3.05) is 13.2 Å². The molecule has 0 aromatic rings. The lowest BCUT2D eigenvalue weighted by Gasteiger charge is -2.29. The second-order valence-electron chi connectivity index (χ2n) is 4.85. The molecule has 0 bridgehead atoms. The molecule has 18 heavy (non-hydrogen) atoms. The number of hydrogen-bond acceptors (Lipinski definition) is 6. The van der Waals surface area contributed by atoms with Gasteiger partial charge in [0.15, 0.2) is 17.7 Å². The normalized spacial score (nSPS) is 34.2. The van der Waals surface area contributed by atoms with Gasteiger partial charge < -0.3 is 18.9 Å². The van der Waals surface area contributed by atoms with Gasteiger partial charge in [-0.25, -0.2) is 0 Å². The summed E-state index contributed by atoms with van der Waals surface area (Å²) in [6.45, 7) is 5.48. The summed E-state index contributed by atoms with van der Waals surface area (Å²) >= 11 is 0. The average Bonchev–Trinajstić information content (AvgIpc) is 2.60. The molecule has 2 heterocycles. The maximum absolute atomic E-state index is 11.7. The third-order valence-electron chi connectivity index (χ3n) is 2.93. The van der Waals surface area contributed by atoms with Gasteiger partial charge in [0.05, 0.1) is 19.1 Å². The SMILES string of the molecule is CCOC(=O)CC1OCC(=O)C2OC(C)(C)OC12. The van der Waals surface area contributed by atoms with E-state index < -0.39 is 24.1 Å². The van der Waals surface area contributed by atoms with Crippen molar-refractivity contribution in [3.63, 3.8) is 0 Å². The Labute approximate surface area is 106 Å². The van der Waals surface area contributed by atoms with Crippen molar-refractivity contribution in [3.05, 3.63) is 0 Å². The van der Waals surface area contributed by atoms with Gasteiger partial charge >= 0.3 is 5.97 Å². The summed E-state index contributed by atoms with van der Waals surface area (Å²) in [5, 5.41) is 0. The molecule has 0 aromatic carbocycles. The maximum Gasteiger partial charge on any atom is 0.308 e. The minimum absolute atomic E-state index is 0.0509. The predicted octanol–water partition coefficient (Wildman–Crippen LogP) is 0.428. The van der Waals surface area contributed by atoms with Crippen molar-refractivity contribution in [3.8, 4) is 0 Å². The van der Waals surface area contributed by atoms with Gasteiger partial charge in [0.25, 0.3) is 0 Å². The summed E-state index contributed by atoms with van der Waals surface area (Å²) in [5.41, 5.74) is 0. The summed E-state index contributed by atoms with van der Waals surface area (Å²) < 4.78 is 21.4. The van der Waals surface area contributed by atoms with Crippen molar-refractivity contribution in [1.82, 2.24) is 0 Å². The number of carbonyl (C=O) groups is 2. The Hall–Kier alpha value is -0.980. The second-order valence-corrected chi connectivity index (χ2v) is 4.85. The Morgan fingerprint density at radius 3 is 2.83 bits per heavy atom. The summed E-state index contributed by atoms with van der Waals surface area (Å²) in [6, 6.07) is 0. The predicted molar refractivity (Wildman–Crippen MR) is 59.8 cm³/mol. The van der Waals surface area contributed by atoms with Gasteiger partial charge in [0.1, 0.15) is 12.7 Å². The zero-order valence-corrected chi connectivity index (χ0v) is 10.8. The highest BCUT2D eigenvalue weighted by molar-refractivity contribution is 5.86. The Kier molecular flexibility index (Phi) is 3.70. The molecule has 0 spiro atoms. The first-order chi connectivity index (χ1) is 8.43. The van der Waals surface area contributed by atoms with Crippen LogP contribution in [0.15, 0.2) is 0 Å². The van der Waals surface area contributed by atoms with Crippen LogP contribution in [0.4, 0.5) is 0 Å². The number of Topliss-reactive ketones (excluding diaryl/α,β-unsaturated/α-hetero) is 1. The van der Waals surface area contributed by atoms with E-state index in [2.05, 4.69) is 0 Å². The zero-order chi connectivity index (χ0) is 13.3. The lowest BCUT2D eigenvalue weighted by Crippen LogP contribution is -2.49. The highest BCUT2D eigenvalue weighted by atomic mass is 16.8. The summed E-state index contributed by atoms with van der Waals surface area (Å²) in [7, 11) is 0. The smallest absolute Gasteiger partial charge is 0.308 e. The van der Waals surface area contributed by atoms with Crippen molar-refractivity contribution in [1.29, 1.82) is 0 Å². The molecule has 2 rings (SSSR count). The van der Waals surface area contributed by atoms with Crippen LogP contribution >= 0.6 is 0 Å². The fourth-order valence-electron chi connectivity index (χ4n) is 2.24. The molecular weight excluding hydrogens is 240 g/mol. The van der Waals surface area contributed by atoms with Gasteiger partial charge in [-0.05, 0) is 20.8 Å². The minimum Gasteiger partial charge on any atom is -0.466 e. The maximum atomic E-state index is 11.7. The number of hydrogen-bond donors (Lipinski definition) is 0. The molecule has 0 aromatic heterocycles. The number of carbonyl (C=O) groups excluding carboxylic acids is 2. The van der Waals surface area contributed by atoms with Crippen LogP contribution in [0.5, 0.6) is 0 Å². The summed E-state index contributed by atoms with van der Waals surface area (Å²) in [4.78, 5) is 23.1. The molecular formula is C12H18O6. The topological polar surface area (TPSA) is 71.1 Å². The van der Waals surface area contributed by atoms with E-state index in [0.29, 0.717) is 6.61 Å². The van der Waals surface area contributed by atoms with Gasteiger partial charge in [-0.3, -0.25) is 9.59 Å². The summed E-state index contributed by atoms with van der Waals surface area (Å²) in [6.07, 6.45) is -1.60. The number of rotatable bonds is 3. The van der Waals surface area contributed by atoms with Gasteiger partial charge in [-0.2, -0.15) is 0 Å². The molecule has 102 valence electrons. The van der Waals surface area contributed by atoms with Crippen LogP contribution < -0.4 is 0 Å². The number of fused-ring (bicyclic) bond motifs is 1. The van der Waals surface area contributed by atoms with E-state index in [9.17, 15) is 9.59 Å². The molecule has 0 amide bonds. The second kappa shape index (κ2) is 4.95. The van der Waals surface area contributed by atoms with Crippen molar-refractivity contribution in [2.24, 2.45) is 0 Å². The van der Waals surface area contributed by atoms with Crippen LogP contribution in [-0.2, 0) is 28.5 Å². The molecule has 0 aliphatic carbocycles. The highest BCUT2D eigenvalue weighted by Crippen LogP contribution is 2.34. The van der Waals surface area contributed by atoms with Crippen molar-refractivity contribution < 1.29 is 28.5 Å². The Bertz CT molecular complexity index is 350. The third-order valence-corrected chi connectivity index (χ3v) is 2.93. The lowest BCUT2D eigenvalue weighted by molar-refractivity contribution is -0.164. The van der Waals surface area contributed by atoms with Crippen LogP contribution in [0, 0.1) is 0 Å². The molecule has 2 aliphatic heterocycles.